The number of carboxylic acid groups (broad SMARTS) is 1. The number of carboxylic acids is 1. The van der Waals surface area contributed by atoms with Gasteiger partial charge < -0.3 is 10.0 Å². The molecule has 1 aliphatic carbocycles. The van der Waals surface area contributed by atoms with E-state index in [1.54, 1.807) is 18.7 Å². The first-order valence-corrected chi connectivity index (χ1v) is 6.94. The van der Waals surface area contributed by atoms with E-state index < -0.39 is 17.8 Å². The fraction of sp³-hybridized carbons (Fsp3) is 0.857. The van der Waals surface area contributed by atoms with Crippen LogP contribution in [0.5, 0.6) is 0 Å². The first-order chi connectivity index (χ1) is 8.45. The molecule has 18 heavy (non-hydrogen) atoms. The maximum Gasteiger partial charge on any atom is 0.307 e. The number of carbonyl (C=O) groups is 2. The molecule has 0 aromatic rings. The van der Waals surface area contributed by atoms with Crippen molar-refractivity contribution in [1.29, 1.82) is 0 Å². The summed E-state index contributed by atoms with van der Waals surface area (Å²) < 4.78 is 0. The molecule has 0 heterocycles. The van der Waals surface area contributed by atoms with Crippen molar-refractivity contribution in [2.24, 2.45) is 11.8 Å². The summed E-state index contributed by atoms with van der Waals surface area (Å²) in [6.45, 7) is 3.32. The van der Waals surface area contributed by atoms with Crippen LogP contribution in [0.1, 0.15) is 52.4 Å². The van der Waals surface area contributed by atoms with Crippen molar-refractivity contribution in [2.75, 3.05) is 7.05 Å². The first kappa shape index (κ1) is 15.0. The Morgan fingerprint density at radius 3 is 2.00 bits per heavy atom. The highest BCUT2D eigenvalue weighted by Gasteiger charge is 2.30. The molecule has 0 aliphatic heterocycles. The van der Waals surface area contributed by atoms with Crippen LogP contribution in [0, 0.1) is 11.8 Å². The van der Waals surface area contributed by atoms with Gasteiger partial charge in [-0.1, -0.05) is 39.5 Å². The second kappa shape index (κ2) is 6.76. The van der Waals surface area contributed by atoms with E-state index >= 15 is 0 Å². The average molecular weight is 255 g/mol. The molecule has 0 aromatic carbocycles. The Hall–Kier alpha value is -1.06. The Bertz CT molecular complexity index is 295. The van der Waals surface area contributed by atoms with Gasteiger partial charge in [0.15, 0.2) is 0 Å². The third-order valence-corrected chi connectivity index (χ3v) is 4.25. The molecule has 1 N–H and O–H groups in total. The van der Waals surface area contributed by atoms with Crippen molar-refractivity contribution >= 4 is 11.9 Å². The molecule has 0 spiro atoms. The van der Waals surface area contributed by atoms with Gasteiger partial charge in [0.05, 0.1) is 5.92 Å². The second-order valence-electron chi connectivity index (χ2n) is 5.51. The molecule has 4 nitrogen and oxygen atoms in total. The third kappa shape index (κ3) is 3.72. The Labute approximate surface area is 109 Å². The monoisotopic (exact) mass is 255 g/mol. The minimum absolute atomic E-state index is 0.0307. The van der Waals surface area contributed by atoms with Gasteiger partial charge >= 0.3 is 5.97 Å². The van der Waals surface area contributed by atoms with Gasteiger partial charge in [-0.25, -0.2) is 0 Å². The Balaban J connectivity index is 2.61. The van der Waals surface area contributed by atoms with E-state index in [2.05, 4.69) is 0 Å². The number of nitrogens with zero attached hydrogens (tertiary/aromatic N) is 1. The Morgan fingerprint density at radius 2 is 1.56 bits per heavy atom. The van der Waals surface area contributed by atoms with Crippen molar-refractivity contribution in [3.8, 4) is 0 Å². The van der Waals surface area contributed by atoms with Gasteiger partial charge in [-0.2, -0.15) is 0 Å². The zero-order valence-corrected chi connectivity index (χ0v) is 11.7. The number of hydrogen-bond donors (Lipinski definition) is 1. The SMILES string of the molecule is CC(C(=O)O)C(C)C(=O)N(C)C1CCCCCC1. The second-order valence-corrected chi connectivity index (χ2v) is 5.51. The summed E-state index contributed by atoms with van der Waals surface area (Å²) in [6, 6.07) is 0.295. The molecule has 2 unspecified atom stereocenters. The van der Waals surface area contributed by atoms with Crippen LogP contribution in [0.25, 0.3) is 0 Å². The minimum Gasteiger partial charge on any atom is -0.481 e. The maximum absolute atomic E-state index is 12.3. The van der Waals surface area contributed by atoms with Gasteiger partial charge in [0.25, 0.3) is 0 Å². The largest absolute Gasteiger partial charge is 0.481 e. The van der Waals surface area contributed by atoms with Crippen LogP contribution in [0.3, 0.4) is 0 Å². The van der Waals surface area contributed by atoms with Crippen molar-refractivity contribution in [1.82, 2.24) is 4.90 Å². The molecule has 0 radical (unpaired) electrons. The van der Waals surface area contributed by atoms with Gasteiger partial charge in [-0.05, 0) is 12.8 Å². The topological polar surface area (TPSA) is 57.6 Å². The van der Waals surface area contributed by atoms with E-state index in [0.29, 0.717) is 6.04 Å². The molecular formula is C14H25NO3. The normalized spacial score (nSPS) is 20.8. The van der Waals surface area contributed by atoms with Crippen molar-refractivity contribution < 1.29 is 14.7 Å². The summed E-state index contributed by atoms with van der Waals surface area (Å²) in [5.41, 5.74) is 0. The fourth-order valence-corrected chi connectivity index (χ4v) is 2.57. The summed E-state index contributed by atoms with van der Waals surface area (Å²) in [5.74, 6) is -2.00. The van der Waals surface area contributed by atoms with Crippen molar-refractivity contribution in [2.45, 2.75) is 58.4 Å². The molecule has 1 fully saturated rings. The third-order valence-electron chi connectivity index (χ3n) is 4.25. The van der Waals surface area contributed by atoms with Gasteiger partial charge in [0, 0.05) is 19.0 Å². The molecular weight excluding hydrogens is 230 g/mol. The number of hydrogen-bond acceptors (Lipinski definition) is 2. The maximum atomic E-state index is 12.3. The zero-order chi connectivity index (χ0) is 13.7. The molecule has 2 atom stereocenters. The number of amides is 1. The van der Waals surface area contributed by atoms with Gasteiger partial charge in [-0.3, -0.25) is 9.59 Å². The molecule has 1 saturated carbocycles. The summed E-state index contributed by atoms with van der Waals surface area (Å²) >= 11 is 0. The highest BCUT2D eigenvalue weighted by molar-refractivity contribution is 5.84. The van der Waals surface area contributed by atoms with Crippen molar-refractivity contribution in [3.63, 3.8) is 0 Å². The Morgan fingerprint density at radius 1 is 1.06 bits per heavy atom. The van der Waals surface area contributed by atoms with Crippen LogP contribution in [-0.2, 0) is 9.59 Å². The quantitative estimate of drug-likeness (QED) is 0.785. The van der Waals surface area contributed by atoms with Crippen molar-refractivity contribution in [3.05, 3.63) is 0 Å². The lowest BCUT2D eigenvalue weighted by Crippen LogP contribution is -2.42. The van der Waals surface area contributed by atoms with Crippen LogP contribution in [0.2, 0.25) is 0 Å². The number of carbonyl (C=O) groups excluding carboxylic acids is 1. The van der Waals surface area contributed by atoms with Gasteiger partial charge in [0.2, 0.25) is 5.91 Å². The fourth-order valence-electron chi connectivity index (χ4n) is 2.57. The molecule has 0 aromatic heterocycles. The van der Waals surface area contributed by atoms with E-state index in [1.165, 1.54) is 25.7 Å². The van der Waals surface area contributed by atoms with Crippen LogP contribution in [-0.4, -0.2) is 35.0 Å². The van der Waals surface area contributed by atoms with Gasteiger partial charge in [-0.15, -0.1) is 0 Å². The minimum atomic E-state index is -0.898. The summed E-state index contributed by atoms with van der Waals surface area (Å²) in [7, 11) is 1.82. The molecule has 0 bridgehead atoms. The van der Waals surface area contributed by atoms with Crippen LogP contribution in [0.4, 0.5) is 0 Å². The van der Waals surface area contributed by atoms with E-state index in [9.17, 15) is 9.59 Å². The van der Waals surface area contributed by atoms with Crippen LogP contribution in [0.15, 0.2) is 0 Å². The smallest absolute Gasteiger partial charge is 0.307 e. The average Bonchev–Trinajstić information content (AvgIpc) is 2.63. The first-order valence-electron chi connectivity index (χ1n) is 6.94. The Kier molecular flexibility index (Phi) is 5.63. The lowest BCUT2D eigenvalue weighted by Gasteiger charge is -2.30. The molecule has 1 amide bonds. The molecule has 104 valence electrons. The standard InChI is InChI=1S/C14H25NO3/c1-10(11(2)14(17)18)13(16)15(3)12-8-6-4-5-7-9-12/h10-12H,4-9H2,1-3H3,(H,17,18). The van der Waals surface area contributed by atoms with Crippen LogP contribution < -0.4 is 0 Å². The van der Waals surface area contributed by atoms with E-state index in [1.807, 2.05) is 7.05 Å². The van der Waals surface area contributed by atoms with E-state index in [0.717, 1.165) is 12.8 Å². The highest BCUT2D eigenvalue weighted by atomic mass is 16.4. The van der Waals surface area contributed by atoms with Crippen LogP contribution >= 0.6 is 0 Å². The van der Waals surface area contributed by atoms with E-state index in [-0.39, 0.29) is 5.91 Å². The predicted octanol–water partition coefficient (Wildman–Crippen LogP) is 2.52. The zero-order valence-electron chi connectivity index (χ0n) is 11.7. The van der Waals surface area contributed by atoms with E-state index in [4.69, 9.17) is 5.11 Å². The molecule has 1 aliphatic rings. The lowest BCUT2D eigenvalue weighted by molar-refractivity contribution is -0.149. The number of rotatable bonds is 4. The molecule has 4 heteroatoms. The predicted molar refractivity (Wildman–Crippen MR) is 70.2 cm³/mol. The molecule has 0 saturated heterocycles. The highest BCUT2D eigenvalue weighted by Crippen LogP contribution is 2.23. The summed E-state index contributed by atoms with van der Waals surface area (Å²) in [5, 5.41) is 8.97. The lowest BCUT2D eigenvalue weighted by atomic mass is 9.93. The summed E-state index contributed by atoms with van der Waals surface area (Å²) in [6.07, 6.45) is 6.95. The summed E-state index contributed by atoms with van der Waals surface area (Å²) in [4.78, 5) is 25.0. The number of aliphatic carboxylic acids is 1. The molecule has 1 rings (SSSR count). The van der Waals surface area contributed by atoms with Gasteiger partial charge in [0.1, 0.15) is 0 Å².